The molecule has 4 saturated carbocycles. The smallest absolute Gasteiger partial charge is 0.0883 e. The van der Waals surface area contributed by atoms with Crippen molar-refractivity contribution in [3.05, 3.63) is 12.4 Å². The summed E-state index contributed by atoms with van der Waals surface area (Å²) in [5, 5.41) is 19.7. The van der Waals surface area contributed by atoms with Gasteiger partial charge in [-0.2, -0.15) is 15.0 Å². The molecule has 4 aliphatic rings. The molecule has 168 valence electrons. The van der Waals surface area contributed by atoms with E-state index in [0.717, 1.165) is 54.9 Å². The summed E-state index contributed by atoms with van der Waals surface area (Å²) in [7, 11) is 0. The molecule has 4 fully saturated rings. The van der Waals surface area contributed by atoms with Crippen LogP contribution in [0.25, 0.3) is 0 Å². The second-order valence-electron chi connectivity index (χ2n) is 11.3. The number of aliphatic hydroxyl groups is 1. The normalized spacial score (nSPS) is 45.6. The van der Waals surface area contributed by atoms with Crippen molar-refractivity contribution in [2.24, 2.45) is 40.9 Å². The van der Waals surface area contributed by atoms with Crippen molar-refractivity contribution in [1.82, 2.24) is 15.0 Å². The summed E-state index contributed by atoms with van der Waals surface area (Å²) in [6.45, 7) is 6.86. The summed E-state index contributed by atoms with van der Waals surface area (Å²) >= 11 is 0. The van der Waals surface area contributed by atoms with Crippen LogP contribution < -0.4 is 0 Å². The zero-order valence-electron chi connectivity index (χ0n) is 19.0. The van der Waals surface area contributed by atoms with Gasteiger partial charge in [0.15, 0.2) is 0 Å². The standard InChI is InChI=1S/C25H41N3O2/c1-3-30-17-25(29)12-9-20-18(16-25)4-6-22-21(20)8-11-24(2)19(5-7-23(22)24)10-15-28-26-13-14-27-28/h13-14,18-23,29H,3-12,15-17H2,1-2H3/t18-,19-,20+,21-,22-,23+,24-,25-/m1/s1. The molecule has 0 aliphatic heterocycles. The Labute approximate surface area is 182 Å². The summed E-state index contributed by atoms with van der Waals surface area (Å²) in [6.07, 6.45) is 16.3. The van der Waals surface area contributed by atoms with Crippen molar-refractivity contribution in [3.8, 4) is 0 Å². The molecule has 1 aromatic heterocycles. The lowest BCUT2D eigenvalue weighted by Gasteiger charge is -2.57. The highest BCUT2D eigenvalue weighted by Gasteiger charge is 2.57. The average Bonchev–Trinajstić information content (AvgIpc) is 3.37. The minimum atomic E-state index is -0.563. The van der Waals surface area contributed by atoms with Crippen LogP contribution in [0.3, 0.4) is 0 Å². The summed E-state index contributed by atoms with van der Waals surface area (Å²) in [6, 6.07) is 0. The third-order valence-corrected chi connectivity index (χ3v) is 10.0. The van der Waals surface area contributed by atoms with Crippen LogP contribution in [-0.4, -0.2) is 38.9 Å². The fourth-order valence-corrected chi connectivity index (χ4v) is 8.60. The Balaban J connectivity index is 1.24. The van der Waals surface area contributed by atoms with E-state index in [2.05, 4.69) is 17.1 Å². The summed E-state index contributed by atoms with van der Waals surface area (Å²) in [4.78, 5) is 1.87. The van der Waals surface area contributed by atoms with E-state index in [0.29, 0.717) is 18.6 Å². The molecule has 1 aromatic rings. The van der Waals surface area contributed by atoms with E-state index in [4.69, 9.17) is 4.74 Å². The summed E-state index contributed by atoms with van der Waals surface area (Å²) in [5.74, 6) is 5.15. The quantitative estimate of drug-likeness (QED) is 0.731. The zero-order chi connectivity index (χ0) is 20.8. The van der Waals surface area contributed by atoms with Gasteiger partial charge in [-0.15, -0.1) is 0 Å². The number of aryl methyl sites for hydroxylation is 1. The van der Waals surface area contributed by atoms with E-state index in [1.807, 2.05) is 11.7 Å². The van der Waals surface area contributed by atoms with Gasteiger partial charge < -0.3 is 9.84 Å². The van der Waals surface area contributed by atoms with E-state index in [1.54, 1.807) is 12.4 Å². The summed E-state index contributed by atoms with van der Waals surface area (Å²) < 4.78 is 5.63. The van der Waals surface area contributed by atoms with Gasteiger partial charge in [-0.05, 0) is 112 Å². The number of ether oxygens (including phenoxy) is 1. The maximum absolute atomic E-state index is 11.1. The largest absolute Gasteiger partial charge is 0.387 e. The van der Waals surface area contributed by atoms with E-state index < -0.39 is 5.60 Å². The predicted molar refractivity (Wildman–Crippen MR) is 117 cm³/mol. The van der Waals surface area contributed by atoms with Gasteiger partial charge in [0.2, 0.25) is 0 Å². The van der Waals surface area contributed by atoms with Gasteiger partial charge in [-0.25, -0.2) is 0 Å². The Hall–Kier alpha value is -0.940. The zero-order valence-corrected chi connectivity index (χ0v) is 19.0. The molecule has 0 radical (unpaired) electrons. The lowest BCUT2D eigenvalue weighted by molar-refractivity contribution is -0.128. The third kappa shape index (κ3) is 3.64. The lowest BCUT2D eigenvalue weighted by atomic mass is 9.49. The first kappa shape index (κ1) is 20.9. The molecular weight excluding hydrogens is 374 g/mol. The molecule has 5 nitrogen and oxygen atoms in total. The minimum Gasteiger partial charge on any atom is -0.387 e. The first-order valence-corrected chi connectivity index (χ1v) is 12.7. The molecule has 0 unspecified atom stereocenters. The van der Waals surface area contributed by atoms with Crippen LogP contribution >= 0.6 is 0 Å². The Kier molecular flexibility index (Phi) is 5.72. The second kappa shape index (κ2) is 8.20. The monoisotopic (exact) mass is 415 g/mol. The molecule has 0 bridgehead atoms. The van der Waals surface area contributed by atoms with Crippen LogP contribution in [0.2, 0.25) is 0 Å². The average molecular weight is 416 g/mol. The number of hydrogen-bond donors (Lipinski definition) is 1. The molecule has 30 heavy (non-hydrogen) atoms. The van der Waals surface area contributed by atoms with Crippen LogP contribution in [0.5, 0.6) is 0 Å². The van der Waals surface area contributed by atoms with Gasteiger partial charge in [-0.3, -0.25) is 0 Å². The SMILES string of the molecule is CCOC[C@@]1(O)CC[C@H]2[C@H](CC[C@@H]3[C@@H]2CC[C@]2(C)[C@@H](CCn4nccn4)CC[C@@H]32)C1. The Morgan fingerprint density at radius 2 is 1.80 bits per heavy atom. The molecule has 1 heterocycles. The van der Waals surface area contributed by atoms with Crippen LogP contribution in [0.1, 0.15) is 78.1 Å². The topological polar surface area (TPSA) is 60.2 Å². The Morgan fingerprint density at radius 1 is 1.00 bits per heavy atom. The van der Waals surface area contributed by atoms with Crippen molar-refractivity contribution < 1.29 is 9.84 Å². The van der Waals surface area contributed by atoms with Gasteiger partial charge in [0.25, 0.3) is 0 Å². The number of hydrogen-bond acceptors (Lipinski definition) is 4. The van der Waals surface area contributed by atoms with E-state index in [9.17, 15) is 5.11 Å². The lowest BCUT2D eigenvalue weighted by Crippen LogP contribution is -2.52. The molecule has 5 rings (SSSR count). The van der Waals surface area contributed by atoms with Crippen LogP contribution in [0, 0.1) is 40.9 Å². The van der Waals surface area contributed by atoms with Crippen molar-refractivity contribution in [3.63, 3.8) is 0 Å². The molecule has 0 aromatic carbocycles. The Bertz CT molecular complexity index is 709. The molecule has 0 spiro atoms. The van der Waals surface area contributed by atoms with Gasteiger partial charge in [0, 0.05) is 6.61 Å². The highest BCUT2D eigenvalue weighted by Crippen LogP contribution is 2.65. The highest BCUT2D eigenvalue weighted by atomic mass is 16.5. The molecule has 0 amide bonds. The van der Waals surface area contributed by atoms with Gasteiger partial charge in [-0.1, -0.05) is 6.92 Å². The van der Waals surface area contributed by atoms with Crippen molar-refractivity contribution in [2.45, 2.75) is 90.2 Å². The number of nitrogens with zero attached hydrogens (tertiary/aromatic N) is 3. The molecular formula is C25H41N3O2. The first-order valence-electron chi connectivity index (χ1n) is 12.7. The van der Waals surface area contributed by atoms with Gasteiger partial charge in [0.05, 0.1) is 31.1 Å². The number of aromatic nitrogens is 3. The van der Waals surface area contributed by atoms with E-state index in [1.165, 1.54) is 51.4 Å². The maximum Gasteiger partial charge on any atom is 0.0883 e. The van der Waals surface area contributed by atoms with Crippen molar-refractivity contribution in [1.29, 1.82) is 0 Å². The van der Waals surface area contributed by atoms with Crippen LogP contribution in [0.4, 0.5) is 0 Å². The van der Waals surface area contributed by atoms with Gasteiger partial charge >= 0.3 is 0 Å². The van der Waals surface area contributed by atoms with Gasteiger partial charge in [0.1, 0.15) is 0 Å². The van der Waals surface area contributed by atoms with E-state index in [-0.39, 0.29) is 0 Å². The van der Waals surface area contributed by atoms with Crippen LogP contribution in [0.15, 0.2) is 12.4 Å². The first-order chi connectivity index (χ1) is 14.5. The molecule has 8 atom stereocenters. The highest BCUT2D eigenvalue weighted by molar-refractivity contribution is 5.07. The number of fused-ring (bicyclic) bond motifs is 5. The molecule has 1 N–H and O–H groups in total. The van der Waals surface area contributed by atoms with Crippen LogP contribution in [-0.2, 0) is 11.3 Å². The molecule has 0 saturated heterocycles. The fraction of sp³-hybridized carbons (Fsp3) is 0.920. The summed E-state index contributed by atoms with van der Waals surface area (Å²) in [5.41, 5.74) is -0.0439. The molecule has 5 heteroatoms. The van der Waals surface area contributed by atoms with Crippen molar-refractivity contribution >= 4 is 0 Å². The third-order valence-electron chi connectivity index (χ3n) is 10.0. The Morgan fingerprint density at radius 3 is 2.60 bits per heavy atom. The predicted octanol–water partition coefficient (Wildman–Crippen LogP) is 4.70. The fourth-order valence-electron chi connectivity index (χ4n) is 8.60. The van der Waals surface area contributed by atoms with E-state index >= 15 is 0 Å². The molecule has 4 aliphatic carbocycles. The minimum absolute atomic E-state index is 0.519. The second-order valence-corrected chi connectivity index (χ2v) is 11.3. The maximum atomic E-state index is 11.1. The number of rotatable bonds is 6. The van der Waals surface area contributed by atoms with Crippen molar-refractivity contribution in [2.75, 3.05) is 13.2 Å².